The molecule has 2 aliphatic carbocycles. The van der Waals surface area contributed by atoms with E-state index in [-0.39, 0.29) is 63.7 Å². The summed E-state index contributed by atoms with van der Waals surface area (Å²) in [5.74, 6) is 0.688. The van der Waals surface area contributed by atoms with E-state index in [0.717, 1.165) is 37.7 Å². The van der Waals surface area contributed by atoms with E-state index in [1.54, 1.807) is 0 Å². The largest absolute Gasteiger partial charge is 1.00 e. The Balaban J connectivity index is 0.00000533. The third kappa shape index (κ3) is 9.08. The zero-order valence-corrected chi connectivity index (χ0v) is 27.8. The fourth-order valence-electron chi connectivity index (χ4n) is 7.35. The first kappa shape index (κ1) is 34.4. The first-order chi connectivity index (χ1) is 17.6. The van der Waals surface area contributed by atoms with Gasteiger partial charge in [-0.2, -0.15) is 8.42 Å². The van der Waals surface area contributed by atoms with Crippen molar-refractivity contribution in [3.8, 4) is 11.5 Å². The first-order valence-electron chi connectivity index (χ1n) is 14.1. The van der Waals surface area contributed by atoms with Crippen LogP contribution in [0, 0.1) is 28.6 Å². The van der Waals surface area contributed by atoms with Crippen LogP contribution < -0.4 is 34.7 Å². The summed E-state index contributed by atoms with van der Waals surface area (Å²) in [5.41, 5.74) is 3.38. The summed E-state index contributed by atoms with van der Waals surface area (Å²) in [5, 5.41) is 21.5. The normalized spacial score (nSPS) is 26.6. The zero-order chi connectivity index (χ0) is 28.3. The fourth-order valence-corrected chi connectivity index (χ4v) is 7.93. The standard InChI is InChI=1S/C31H48O6S.Na/c1-21(11-13-24-19-25(32)14-15-27(24)33)9-7-10-23(3)28(37-38(34,35)36)20-26-22(2)12-16-29-30(4,5)17-8-18-31(26,29)6;/h11-12,14-15,19,23,26,28-29,32-33H,7-10,13,16-18,20H2,1-6H3,(H,34,35,36);/q;+1/p-1/b21-11-;/t23-,26+,28-,29+,31-;/m1./s1. The molecule has 0 heterocycles. The van der Waals surface area contributed by atoms with Crippen LogP contribution in [0.15, 0.2) is 41.5 Å². The van der Waals surface area contributed by atoms with Crippen molar-refractivity contribution in [1.29, 1.82) is 0 Å². The third-order valence-corrected chi connectivity index (χ3v) is 10.1. The Morgan fingerprint density at radius 3 is 2.62 bits per heavy atom. The van der Waals surface area contributed by atoms with Crippen LogP contribution >= 0.6 is 0 Å². The van der Waals surface area contributed by atoms with Crippen LogP contribution in [0.5, 0.6) is 11.5 Å². The summed E-state index contributed by atoms with van der Waals surface area (Å²) in [6.07, 6.45) is 11.8. The van der Waals surface area contributed by atoms with Gasteiger partial charge in [0.05, 0.1) is 6.10 Å². The topological polar surface area (TPSA) is 107 Å². The van der Waals surface area contributed by atoms with Gasteiger partial charge in [-0.05, 0) is 105 Å². The molecule has 0 bridgehead atoms. The molecule has 0 amide bonds. The first-order valence-corrected chi connectivity index (χ1v) is 15.5. The molecule has 1 fully saturated rings. The van der Waals surface area contributed by atoms with Gasteiger partial charge in [0.2, 0.25) is 0 Å². The van der Waals surface area contributed by atoms with Gasteiger partial charge in [0.15, 0.2) is 0 Å². The maximum Gasteiger partial charge on any atom is 1.00 e. The molecule has 39 heavy (non-hydrogen) atoms. The van der Waals surface area contributed by atoms with Crippen LogP contribution in [0.1, 0.15) is 98.5 Å². The summed E-state index contributed by atoms with van der Waals surface area (Å²) < 4.78 is 38.7. The molecule has 0 unspecified atom stereocenters. The number of rotatable bonds is 11. The summed E-state index contributed by atoms with van der Waals surface area (Å²) in [6, 6.07) is 4.23. The zero-order valence-electron chi connectivity index (χ0n) is 25.0. The van der Waals surface area contributed by atoms with Crippen LogP contribution in [0.2, 0.25) is 0 Å². The van der Waals surface area contributed by atoms with Crippen LogP contribution in [0.25, 0.3) is 0 Å². The Bertz CT molecular complexity index is 1140. The second-order valence-corrected chi connectivity index (χ2v) is 13.9. The predicted octanol–water partition coefficient (Wildman–Crippen LogP) is 4.14. The van der Waals surface area contributed by atoms with Gasteiger partial charge in [-0.15, -0.1) is 5.75 Å². The predicted molar refractivity (Wildman–Crippen MR) is 150 cm³/mol. The van der Waals surface area contributed by atoms with Gasteiger partial charge in [-0.1, -0.05) is 69.5 Å². The van der Waals surface area contributed by atoms with E-state index in [2.05, 4.69) is 33.8 Å². The molecule has 214 valence electrons. The van der Waals surface area contributed by atoms with Gasteiger partial charge in [0.25, 0.3) is 0 Å². The molecule has 5 atom stereocenters. The molecule has 0 spiro atoms. The summed E-state index contributed by atoms with van der Waals surface area (Å²) in [7, 11) is -4.58. The number of hydrogen-bond donors (Lipinski definition) is 2. The minimum Gasteiger partial charge on any atom is -0.872 e. The molecule has 1 aromatic rings. The molecule has 2 aliphatic rings. The molecule has 0 saturated heterocycles. The average molecular weight is 571 g/mol. The average Bonchev–Trinajstić information content (AvgIpc) is 2.79. The Morgan fingerprint density at radius 1 is 1.26 bits per heavy atom. The summed E-state index contributed by atoms with van der Waals surface area (Å²) >= 11 is 0. The summed E-state index contributed by atoms with van der Waals surface area (Å²) in [6.45, 7) is 13.3. The van der Waals surface area contributed by atoms with Crippen molar-refractivity contribution in [3.63, 3.8) is 0 Å². The molecular formula is C31H47NaO6S. The van der Waals surface area contributed by atoms with E-state index in [1.807, 2.05) is 19.9 Å². The minimum absolute atomic E-state index is 0. The van der Waals surface area contributed by atoms with Crippen LogP contribution in [-0.2, 0) is 21.0 Å². The van der Waals surface area contributed by atoms with E-state index in [9.17, 15) is 23.2 Å². The quantitative estimate of drug-likeness (QED) is 0.235. The minimum atomic E-state index is -4.58. The maximum absolute atomic E-state index is 11.9. The number of benzene rings is 1. The molecule has 1 aromatic carbocycles. The molecule has 0 aliphatic heterocycles. The van der Waals surface area contributed by atoms with Crippen molar-refractivity contribution < 1.29 is 56.9 Å². The van der Waals surface area contributed by atoms with Crippen molar-refractivity contribution in [3.05, 3.63) is 47.1 Å². The maximum atomic E-state index is 11.9. The third-order valence-electron chi connectivity index (χ3n) is 9.60. The number of hydrogen-bond acceptors (Lipinski definition) is 5. The van der Waals surface area contributed by atoms with E-state index < -0.39 is 16.5 Å². The molecule has 3 rings (SSSR count). The number of phenols is 1. The van der Waals surface area contributed by atoms with Crippen LogP contribution in [0.4, 0.5) is 0 Å². The van der Waals surface area contributed by atoms with E-state index in [0.29, 0.717) is 24.3 Å². The van der Waals surface area contributed by atoms with Crippen molar-refractivity contribution in [2.75, 3.05) is 0 Å². The smallest absolute Gasteiger partial charge is 0.872 e. The Labute approximate surface area is 258 Å². The molecule has 1 saturated carbocycles. The number of aromatic hydroxyl groups is 1. The molecular weight excluding hydrogens is 523 g/mol. The van der Waals surface area contributed by atoms with Gasteiger partial charge < -0.3 is 10.2 Å². The second kappa shape index (κ2) is 13.9. The molecule has 8 heteroatoms. The van der Waals surface area contributed by atoms with Crippen LogP contribution in [0.3, 0.4) is 0 Å². The molecule has 0 radical (unpaired) electrons. The number of phenolic OH excluding ortho intramolecular Hbond substituents is 1. The van der Waals surface area contributed by atoms with E-state index >= 15 is 0 Å². The van der Waals surface area contributed by atoms with E-state index in [4.69, 9.17) is 4.18 Å². The molecule has 0 aromatic heterocycles. The van der Waals surface area contributed by atoms with Gasteiger partial charge in [-0.25, -0.2) is 4.18 Å². The summed E-state index contributed by atoms with van der Waals surface area (Å²) in [4.78, 5) is 0. The van der Waals surface area contributed by atoms with Crippen molar-refractivity contribution >= 4 is 10.4 Å². The van der Waals surface area contributed by atoms with Crippen molar-refractivity contribution in [2.24, 2.45) is 28.6 Å². The van der Waals surface area contributed by atoms with Gasteiger partial charge in [-0.3, -0.25) is 4.55 Å². The number of allylic oxidation sites excluding steroid dienone is 4. The fraction of sp³-hybridized carbons (Fsp3) is 0.677. The van der Waals surface area contributed by atoms with Gasteiger partial charge >= 0.3 is 40.0 Å². The second-order valence-electron chi connectivity index (χ2n) is 12.8. The Morgan fingerprint density at radius 2 is 1.95 bits per heavy atom. The van der Waals surface area contributed by atoms with Crippen molar-refractivity contribution in [1.82, 2.24) is 0 Å². The Hall–Kier alpha value is -0.830. The van der Waals surface area contributed by atoms with Crippen molar-refractivity contribution in [2.45, 2.75) is 105 Å². The monoisotopic (exact) mass is 570 g/mol. The number of fused-ring (bicyclic) bond motifs is 1. The Kier molecular flexibility index (Phi) is 12.2. The van der Waals surface area contributed by atoms with Gasteiger partial charge in [0, 0.05) is 0 Å². The SMILES string of the molecule is CC1=CC[C@H]2C(C)(C)CCC[C@]2(C)[C@H]1C[C@@H](OS(=O)(=O)O)[C@H](C)CCC/C(C)=C\Cc1cc([O-])ccc1O.[Na+]. The van der Waals surface area contributed by atoms with Gasteiger partial charge in [0.1, 0.15) is 5.75 Å². The van der Waals surface area contributed by atoms with Crippen LogP contribution in [-0.4, -0.2) is 24.2 Å². The van der Waals surface area contributed by atoms with E-state index in [1.165, 1.54) is 36.6 Å². The molecule has 6 nitrogen and oxygen atoms in total. The molecule has 2 N–H and O–H groups in total.